The molecule has 0 bridgehead atoms. The Morgan fingerprint density at radius 2 is 2.00 bits per heavy atom. The van der Waals surface area contributed by atoms with Crippen LogP contribution >= 0.6 is 0 Å². The lowest BCUT2D eigenvalue weighted by molar-refractivity contribution is 0.0997. The summed E-state index contributed by atoms with van der Waals surface area (Å²) in [5, 5.41) is 0.868. The summed E-state index contributed by atoms with van der Waals surface area (Å²) >= 11 is 0. The zero-order chi connectivity index (χ0) is 15.3. The normalized spacial score (nSPS) is 10.6. The van der Waals surface area contributed by atoms with Crippen LogP contribution in [0.5, 0.6) is 5.75 Å². The van der Waals surface area contributed by atoms with E-state index in [2.05, 4.69) is 4.98 Å². The number of benzene rings is 1. The number of primary amides is 1. The highest BCUT2D eigenvalue weighted by atomic mass is 32.2. The molecule has 0 spiro atoms. The van der Waals surface area contributed by atoms with E-state index in [-0.39, 0.29) is 0 Å². The molecular formula is C12H14N2O5S. The van der Waals surface area contributed by atoms with Gasteiger partial charge in [-0.25, -0.2) is 0 Å². The zero-order valence-corrected chi connectivity index (χ0v) is 11.7. The largest absolute Gasteiger partial charge is 0.496 e. The van der Waals surface area contributed by atoms with Gasteiger partial charge in [0.15, 0.2) is 0 Å². The van der Waals surface area contributed by atoms with E-state index in [1.165, 1.54) is 7.11 Å². The number of methoxy groups -OCH3 is 1. The van der Waals surface area contributed by atoms with Gasteiger partial charge in [0, 0.05) is 17.6 Å². The third-order valence-electron chi connectivity index (χ3n) is 2.19. The molecule has 0 aliphatic rings. The molecule has 0 unspecified atom stereocenters. The summed E-state index contributed by atoms with van der Waals surface area (Å²) in [7, 11) is -2.17. The summed E-state index contributed by atoms with van der Waals surface area (Å²) in [4.78, 5) is 15.3. The van der Waals surface area contributed by atoms with E-state index in [0.717, 1.165) is 10.9 Å². The van der Waals surface area contributed by atoms with Gasteiger partial charge in [0.1, 0.15) is 5.75 Å². The Bertz CT molecular complexity index is 720. The van der Waals surface area contributed by atoms with E-state index in [1.54, 1.807) is 24.4 Å². The first-order valence-corrected chi connectivity index (χ1v) is 7.22. The molecule has 0 saturated heterocycles. The highest BCUT2D eigenvalue weighted by Crippen LogP contribution is 2.23. The highest BCUT2D eigenvalue weighted by molar-refractivity contribution is 7.85. The van der Waals surface area contributed by atoms with E-state index < -0.39 is 16.0 Å². The van der Waals surface area contributed by atoms with E-state index in [1.807, 2.05) is 6.07 Å². The summed E-state index contributed by atoms with van der Waals surface area (Å²) in [6.07, 6.45) is 2.40. The zero-order valence-electron chi connectivity index (χ0n) is 10.9. The molecule has 0 saturated carbocycles. The van der Waals surface area contributed by atoms with Gasteiger partial charge in [-0.05, 0) is 12.1 Å². The minimum atomic E-state index is -3.67. The van der Waals surface area contributed by atoms with Crippen molar-refractivity contribution >= 4 is 26.9 Å². The third kappa shape index (κ3) is 4.82. The molecule has 0 radical (unpaired) electrons. The van der Waals surface area contributed by atoms with Gasteiger partial charge < -0.3 is 10.5 Å². The number of carbonyl (C=O) groups is 1. The van der Waals surface area contributed by atoms with Crippen LogP contribution < -0.4 is 10.5 Å². The monoisotopic (exact) mass is 298 g/mol. The molecule has 2 aromatic rings. The molecule has 0 fully saturated rings. The Balaban J connectivity index is 0.000000347. The minimum absolute atomic E-state index is 0.373. The smallest absolute Gasteiger partial charge is 0.261 e. The van der Waals surface area contributed by atoms with Crippen LogP contribution in [0.25, 0.3) is 10.9 Å². The third-order valence-corrected chi connectivity index (χ3v) is 2.19. The van der Waals surface area contributed by atoms with Crippen molar-refractivity contribution in [2.45, 2.75) is 0 Å². The quantitative estimate of drug-likeness (QED) is 0.793. The van der Waals surface area contributed by atoms with Gasteiger partial charge in [-0.1, -0.05) is 6.07 Å². The number of hydrogen-bond acceptors (Lipinski definition) is 5. The van der Waals surface area contributed by atoms with Crippen LogP contribution in [-0.2, 0) is 10.1 Å². The second-order valence-corrected chi connectivity index (χ2v) is 5.31. The number of rotatable bonds is 2. The number of aromatic nitrogens is 1. The standard InChI is InChI=1S/C11H10N2O2.CH4O3S/c1-15-10-6-9-7(3-2-4-13-9)5-8(10)11(12)14;1-5(2,3)4/h2-6H,1H3,(H2,12,14);1H3,(H,2,3,4). The van der Waals surface area contributed by atoms with Crippen molar-refractivity contribution in [3.63, 3.8) is 0 Å². The lowest BCUT2D eigenvalue weighted by atomic mass is 10.1. The number of fused-ring (bicyclic) bond motifs is 1. The van der Waals surface area contributed by atoms with E-state index in [0.29, 0.717) is 17.6 Å². The van der Waals surface area contributed by atoms with Gasteiger partial charge in [-0.15, -0.1) is 0 Å². The number of nitrogens with zero attached hydrogens (tertiary/aromatic N) is 1. The Morgan fingerprint density at radius 3 is 2.50 bits per heavy atom. The van der Waals surface area contributed by atoms with Crippen LogP contribution in [0, 0.1) is 0 Å². The first-order valence-electron chi connectivity index (χ1n) is 5.37. The van der Waals surface area contributed by atoms with Crippen LogP contribution in [-0.4, -0.2) is 37.2 Å². The van der Waals surface area contributed by atoms with Crippen molar-refractivity contribution in [3.8, 4) is 5.75 Å². The maximum absolute atomic E-state index is 11.1. The molecule has 20 heavy (non-hydrogen) atoms. The molecule has 1 aromatic heterocycles. The maximum Gasteiger partial charge on any atom is 0.261 e. The minimum Gasteiger partial charge on any atom is -0.496 e. The average molecular weight is 298 g/mol. The van der Waals surface area contributed by atoms with Crippen molar-refractivity contribution in [1.29, 1.82) is 0 Å². The Hall–Kier alpha value is -2.19. The predicted molar refractivity (Wildman–Crippen MR) is 74.3 cm³/mol. The van der Waals surface area contributed by atoms with Crippen LogP contribution in [0.3, 0.4) is 0 Å². The van der Waals surface area contributed by atoms with Gasteiger partial charge in [0.2, 0.25) is 0 Å². The molecule has 8 heteroatoms. The molecular weight excluding hydrogens is 284 g/mol. The Morgan fingerprint density at radius 1 is 1.40 bits per heavy atom. The highest BCUT2D eigenvalue weighted by Gasteiger charge is 2.10. The molecule has 1 heterocycles. The fourth-order valence-corrected chi connectivity index (χ4v) is 1.46. The molecule has 108 valence electrons. The van der Waals surface area contributed by atoms with Gasteiger partial charge in [0.05, 0.1) is 24.4 Å². The van der Waals surface area contributed by atoms with Crippen molar-refractivity contribution in [3.05, 3.63) is 36.0 Å². The molecule has 1 aromatic carbocycles. The Labute approximate surface area is 116 Å². The van der Waals surface area contributed by atoms with Crippen molar-refractivity contribution in [2.75, 3.05) is 13.4 Å². The predicted octanol–water partition coefficient (Wildman–Crippen LogP) is 0.846. The van der Waals surface area contributed by atoms with Crippen LogP contribution in [0.15, 0.2) is 30.5 Å². The fourth-order valence-electron chi connectivity index (χ4n) is 1.46. The Kier molecular flexibility index (Phi) is 5.00. The van der Waals surface area contributed by atoms with Crippen LogP contribution in [0.2, 0.25) is 0 Å². The van der Waals surface area contributed by atoms with E-state index in [4.69, 9.17) is 15.0 Å². The lowest BCUT2D eigenvalue weighted by Gasteiger charge is -2.06. The molecule has 0 atom stereocenters. The molecule has 1 amide bonds. The van der Waals surface area contributed by atoms with E-state index in [9.17, 15) is 13.2 Å². The van der Waals surface area contributed by atoms with Crippen molar-refractivity contribution < 1.29 is 22.5 Å². The first kappa shape index (κ1) is 15.9. The molecule has 0 aliphatic heterocycles. The van der Waals surface area contributed by atoms with Crippen LogP contribution in [0.4, 0.5) is 0 Å². The number of carbonyl (C=O) groups excluding carboxylic acids is 1. The van der Waals surface area contributed by atoms with Crippen molar-refractivity contribution in [2.24, 2.45) is 5.73 Å². The van der Waals surface area contributed by atoms with Gasteiger partial charge >= 0.3 is 0 Å². The lowest BCUT2D eigenvalue weighted by Crippen LogP contribution is -2.12. The van der Waals surface area contributed by atoms with Gasteiger partial charge in [0.25, 0.3) is 16.0 Å². The molecule has 7 nitrogen and oxygen atoms in total. The molecule has 2 rings (SSSR count). The van der Waals surface area contributed by atoms with Gasteiger partial charge in [-0.2, -0.15) is 8.42 Å². The molecule has 3 N–H and O–H groups in total. The maximum atomic E-state index is 11.1. The molecule has 0 aliphatic carbocycles. The summed E-state index contributed by atoms with van der Waals surface area (Å²) in [5.74, 6) is -0.0497. The van der Waals surface area contributed by atoms with E-state index >= 15 is 0 Å². The second kappa shape index (κ2) is 6.31. The first-order chi connectivity index (χ1) is 9.22. The van der Waals surface area contributed by atoms with Crippen LogP contribution in [0.1, 0.15) is 10.4 Å². The summed E-state index contributed by atoms with van der Waals surface area (Å²) in [5.41, 5.74) is 6.39. The SMILES string of the molecule is COc1cc2ncccc2cc1C(N)=O.CS(=O)(=O)O. The fraction of sp³-hybridized carbons (Fsp3) is 0.167. The number of nitrogens with two attached hydrogens (primary N) is 1. The van der Waals surface area contributed by atoms with Gasteiger partial charge in [-0.3, -0.25) is 14.3 Å². The summed E-state index contributed by atoms with van der Waals surface area (Å²) in [6.45, 7) is 0. The average Bonchev–Trinajstić information content (AvgIpc) is 2.35. The number of ether oxygens (including phenoxy) is 1. The number of amides is 1. The summed E-state index contributed by atoms with van der Waals surface area (Å²) < 4.78 is 30.9. The number of pyridine rings is 1. The number of hydrogen-bond donors (Lipinski definition) is 2. The topological polar surface area (TPSA) is 120 Å². The van der Waals surface area contributed by atoms with Crippen molar-refractivity contribution in [1.82, 2.24) is 4.98 Å². The second-order valence-electron chi connectivity index (χ2n) is 3.85. The summed E-state index contributed by atoms with van der Waals surface area (Å²) in [6, 6.07) is 7.06.